The molecule has 0 aliphatic heterocycles. The van der Waals surface area contributed by atoms with Crippen molar-refractivity contribution in [2.45, 2.75) is 97.4 Å². The van der Waals surface area contributed by atoms with E-state index in [1.54, 1.807) is 0 Å². The van der Waals surface area contributed by atoms with Crippen LogP contribution in [-0.2, 0) is 14.4 Å². The highest BCUT2D eigenvalue weighted by Crippen LogP contribution is 2.13. The van der Waals surface area contributed by atoms with Crippen molar-refractivity contribution in [3.63, 3.8) is 0 Å². The lowest BCUT2D eigenvalue weighted by Gasteiger charge is -2.29. The van der Waals surface area contributed by atoms with Crippen LogP contribution in [0.15, 0.2) is 0 Å². The highest BCUT2D eigenvalue weighted by atomic mass is 16.4. The Balaban J connectivity index is -0.000000159. The quantitative estimate of drug-likeness (QED) is 0.343. The van der Waals surface area contributed by atoms with Gasteiger partial charge in [0.1, 0.15) is 5.60 Å². The minimum absolute atomic E-state index is 0.250. The van der Waals surface area contributed by atoms with E-state index in [1.807, 2.05) is 0 Å². The second kappa shape index (κ2) is 13.4. The van der Waals surface area contributed by atoms with Crippen LogP contribution < -0.4 is 32.5 Å². The van der Waals surface area contributed by atoms with Crippen LogP contribution in [0.5, 0.6) is 0 Å². The summed E-state index contributed by atoms with van der Waals surface area (Å²) in [5.74, 6) is -5.98. The van der Waals surface area contributed by atoms with Crippen molar-refractivity contribution in [2.24, 2.45) is 0 Å². The van der Waals surface area contributed by atoms with Crippen LogP contribution in [0.2, 0.25) is 0 Å². The first-order chi connectivity index (χ1) is 11.8. The molecular weight excluding hydrogens is 370 g/mol. The minimum atomic E-state index is -2.97. The van der Waals surface area contributed by atoms with Crippen LogP contribution in [0.4, 0.5) is 0 Å². The molecule has 170 valence electrons. The largest absolute Gasteiger partial charge is 0.550 e. The standard InChI is InChI=1S/C6H8O7.3C4H11N/c7-3(8)1-6(13,5(11)12)2-4(9)10;3*1-4(2,3)5/h13H,1-2H2,(H,7,8)(H,9,10)(H,11,12);3*5H2,1-3H3. The summed E-state index contributed by atoms with van der Waals surface area (Å²) in [4.78, 5) is 30.0. The van der Waals surface area contributed by atoms with Gasteiger partial charge in [0.05, 0.1) is 22.6 Å². The van der Waals surface area contributed by atoms with E-state index in [0.717, 1.165) is 0 Å². The SMILES string of the molecule is CC(C)(C)[NH3+].CC(C)(C)[NH3+].CC(C)(C)[NH3+].O=C([O-])CC(O)(CC(=O)[O-])C(=O)[O-]. The molecule has 0 atom stereocenters. The van der Waals surface area contributed by atoms with Crippen molar-refractivity contribution in [1.82, 2.24) is 0 Å². The predicted molar refractivity (Wildman–Crippen MR) is 97.1 cm³/mol. The summed E-state index contributed by atoms with van der Waals surface area (Å²) in [6.45, 7) is 18.7. The first-order valence-electron chi connectivity index (χ1n) is 8.67. The lowest BCUT2D eigenvalue weighted by molar-refractivity contribution is -0.459. The Morgan fingerprint density at radius 1 is 0.643 bits per heavy atom. The van der Waals surface area contributed by atoms with Crippen LogP contribution in [0, 0.1) is 0 Å². The molecule has 0 rings (SSSR count). The van der Waals surface area contributed by atoms with Crippen molar-refractivity contribution < 1.29 is 52.0 Å². The number of carboxylic acids is 3. The van der Waals surface area contributed by atoms with E-state index < -0.39 is 36.4 Å². The maximum atomic E-state index is 10.1. The predicted octanol–water partition coefficient (Wildman–Crippen LogP) is -5.17. The van der Waals surface area contributed by atoms with Crippen molar-refractivity contribution in [2.75, 3.05) is 0 Å². The zero-order valence-corrected chi connectivity index (χ0v) is 18.9. The van der Waals surface area contributed by atoms with Gasteiger partial charge in [-0.15, -0.1) is 0 Å². The van der Waals surface area contributed by atoms with Gasteiger partial charge in [0, 0.05) is 24.8 Å². The highest BCUT2D eigenvalue weighted by Gasteiger charge is 2.29. The molecular formula is C18H41N3O7. The molecule has 28 heavy (non-hydrogen) atoms. The summed E-state index contributed by atoms with van der Waals surface area (Å²) in [7, 11) is 0. The van der Waals surface area contributed by atoms with Gasteiger partial charge in [-0.1, -0.05) is 0 Å². The Bertz CT molecular complexity index is 411. The number of carbonyl (C=O) groups is 3. The Labute approximate surface area is 168 Å². The number of carbonyl (C=O) groups excluding carboxylic acids is 3. The number of hydrogen-bond acceptors (Lipinski definition) is 7. The lowest BCUT2D eigenvalue weighted by atomic mass is 9.96. The van der Waals surface area contributed by atoms with Gasteiger partial charge in [0.2, 0.25) is 0 Å². The van der Waals surface area contributed by atoms with E-state index in [1.165, 1.54) is 0 Å². The van der Waals surface area contributed by atoms with Gasteiger partial charge in [0.15, 0.2) is 0 Å². The molecule has 0 aromatic heterocycles. The molecule has 0 spiro atoms. The number of aliphatic hydroxyl groups is 1. The summed E-state index contributed by atoms with van der Waals surface area (Å²) >= 11 is 0. The van der Waals surface area contributed by atoms with Gasteiger partial charge in [-0.3, -0.25) is 0 Å². The zero-order valence-electron chi connectivity index (χ0n) is 18.9. The molecule has 0 bridgehead atoms. The minimum Gasteiger partial charge on any atom is -0.550 e. The van der Waals surface area contributed by atoms with E-state index in [9.17, 15) is 29.7 Å². The third-order valence-corrected chi connectivity index (χ3v) is 1.25. The van der Waals surface area contributed by atoms with Crippen LogP contribution in [-0.4, -0.2) is 45.2 Å². The van der Waals surface area contributed by atoms with Crippen LogP contribution in [0.25, 0.3) is 0 Å². The number of carboxylic acid groups (broad SMARTS) is 3. The van der Waals surface area contributed by atoms with Crippen molar-refractivity contribution in [3.8, 4) is 0 Å². The normalized spacial score (nSPS) is 11.5. The Kier molecular flexibility index (Phi) is 16.2. The maximum absolute atomic E-state index is 10.1. The fourth-order valence-corrected chi connectivity index (χ4v) is 0.684. The molecule has 0 aliphatic rings. The summed E-state index contributed by atoms with van der Waals surface area (Å²) < 4.78 is 0. The van der Waals surface area contributed by atoms with Crippen molar-refractivity contribution in [1.29, 1.82) is 0 Å². The van der Waals surface area contributed by atoms with Gasteiger partial charge < -0.3 is 52.0 Å². The van der Waals surface area contributed by atoms with Gasteiger partial charge in [0.25, 0.3) is 0 Å². The van der Waals surface area contributed by atoms with Crippen LogP contribution in [0.3, 0.4) is 0 Å². The fourth-order valence-electron chi connectivity index (χ4n) is 0.684. The van der Waals surface area contributed by atoms with E-state index in [2.05, 4.69) is 79.5 Å². The first-order valence-corrected chi connectivity index (χ1v) is 8.67. The zero-order chi connectivity index (χ0) is 24.1. The summed E-state index contributed by atoms with van der Waals surface area (Å²) in [6.07, 6.45) is -2.72. The van der Waals surface area contributed by atoms with Crippen molar-refractivity contribution >= 4 is 17.9 Å². The van der Waals surface area contributed by atoms with Crippen LogP contribution >= 0.6 is 0 Å². The summed E-state index contributed by atoms with van der Waals surface area (Å²) in [6, 6.07) is 0. The van der Waals surface area contributed by atoms with E-state index in [-0.39, 0.29) is 16.6 Å². The molecule has 0 aliphatic carbocycles. The first kappa shape index (κ1) is 33.8. The molecule has 0 aromatic rings. The number of quaternary nitrogens is 3. The molecule has 10 N–H and O–H groups in total. The molecule has 0 heterocycles. The van der Waals surface area contributed by atoms with Gasteiger partial charge >= 0.3 is 0 Å². The molecule has 0 radical (unpaired) electrons. The van der Waals surface area contributed by atoms with E-state index in [4.69, 9.17) is 5.11 Å². The number of hydrogen-bond donors (Lipinski definition) is 4. The second-order valence-electron chi connectivity index (χ2n) is 10.1. The van der Waals surface area contributed by atoms with Gasteiger partial charge in [-0.2, -0.15) is 0 Å². The monoisotopic (exact) mass is 411 g/mol. The molecule has 0 fully saturated rings. The Morgan fingerprint density at radius 2 is 0.786 bits per heavy atom. The molecule has 0 amide bonds. The van der Waals surface area contributed by atoms with E-state index >= 15 is 0 Å². The molecule has 0 aromatic carbocycles. The number of aliphatic carboxylic acids is 3. The Morgan fingerprint density at radius 3 is 0.857 bits per heavy atom. The van der Waals surface area contributed by atoms with Gasteiger partial charge in [-0.25, -0.2) is 0 Å². The highest BCUT2D eigenvalue weighted by molar-refractivity contribution is 5.86. The molecule has 0 unspecified atom stereocenters. The molecule has 10 heteroatoms. The van der Waals surface area contributed by atoms with Crippen molar-refractivity contribution in [3.05, 3.63) is 0 Å². The number of rotatable bonds is 5. The smallest absolute Gasteiger partial charge is 0.114 e. The average molecular weight is 412 g/mol. The maximum Gasteiger partial charge on any atom is 0.114 e. The second-order valence-corrected chi connectivity index (χ2v) is 10.1. The Hall–Kier alpha value is -1.75. The fraction of sp³-hybridized carbons (Fsp3) is 0.833. The van der Waals surface area contributed by atoms with Crippen LogP contribution in [0.1, 0.15) is 75.2 Å². The molecule has 10 nitrogen and oxygen atoms in total. The average Bonchev–Trinajstić information content (AvgIpc) is 2.17. The third-order valence-electron chi connectivity index (χ3n) is 1.25. The molecule has 0 saturated carbocycles. The van der Waals surface area contributed by atoms with Gasteiger partial charge in [-0.05, 0) is 62.3 Å². The molecule has 0 saturated heterocycles. The van der Waals surface area contributed by atoms with E-state index in [0.29, 0.717) is 0 Å². The lowest BCUT2D eigenvalue weighted by Crippen LogP contribution is -2.67. The topological polar surface area (TPSA) is 224 Å². The summed E-state index contributed by atoms with van der Waals surface area (Å²) in [5, 5.41) is 38.9. The summed E-state index contributed by atoms with van der Waals surface area (Å²) in [5.41, 5.74) is 9.09. The third kappa shape index (κ3) is 64.6.